The highest BCUT2D eigenvalue weighted by molar-refractivity contribution is 6.09. The molecule has 0 spiro atoms. The van der Waals surface area contributed by atoms with Gasteiger partial charge in [-0.15, -0.1) is 0 Å². The number of hydrogen-bond donors (Lipinski definition) is 2. The first kappa shape index (κ1) is 13.4. The Balaban J connectivity index is 2.17. The number of aromatic hydroxyl groups is 1. The molecule has 1 aromatic heterocycles. The molecule has 0 bridgehead atoms. The molecule has 1 heterocycles. The van der Waals surface area contributed by atoms with Gasteiger partial charge in [0.15, 0.2) is 5.82 Å². The average molecular weight is 269 g/mol. The summed E-state index contributed by atoms with van der Waals surface area (Å²) in [5.41, 5.74) is 0.558. The van der Waals surface area contributed by atoms with E-state index >= 15 is 0 Å². The first-order chi connectivity index (χ1) is 9.58. The summed E-state index contributed by atoms with van der Waals surface area (Å²) in [4.78, 5) is 11.9. The zero-order valence-corrected chi connectivity index (χ0v) is 10.6. The Morgan fingerprint density at radius 2 is 2.15 bits per heavy atom. The van der Waals surface area contributed by atoms with Crippen molar-refractivity contribution in [3.05, 3.63) is 47.2 Å². The van der Waals surface area contributed by atoms with Gasteiger partial charge in [-0.1, -0.05) is 17.3 Å². The Bertz CT molecular complexity index is 693. The average Bonchev–Trinajstić information content (AvgIpc) is 2.83. The third kappa shape index (κ3) is 3.23. The zero-order valence-electron chi connectivity index (χ0n) is 10.6. The van der Waals surface area contributed by atoms with E-state index in [2.05, 4.69) is 10.5 Å². The lowest BCUT2D eigenvalue weighted by Gasteiger charge is -2.00. The van der Waals surface area contributed by atoms with E-state index in [1.165, 1.54) is 18.2 Å². The van der Waals surface area contributed by atoms with Crippen LogP contribution in [-0.2, 0) is 4.79 Å². The summed E-state index contributed by atoms with van der Waals surface area (Å²) in [5, 5.41) is 24.3. The number of phenolic OH excluding ortho intramolecular Hbond substituents is 1. The fourth-order valence-electron chi connectivity index (χ4n) is 1.49. The molecule has 2 N–H and O–H groups in total. The molecule has 100 valence electrons. The molecule has 0 fully saturated rings. The molecule has 0 saturated heterocycles. The summed E-state index contributed by atoms with van der Waals surface area (Å²) in [5.74, 6) is 0.345. The van der Waals surface area contributed by atoms with Crippen LogP contribution in [-0.4, -0.2) is 16.2 Å². The highest BCUT2D eigenvalue weighted by atomic mass is 16.5. The van der Waals surface area contributed by atoms with Gasteiger partial charge >= 0.3 is 0 Å². The van der Waals surface area contributed by atoms with Crippen molar-refractivity contribution in [2.45, 2.75) is 6.92 Å². The summed E-state index contributed by atoms with van der Waals surface area (Å²) in [7, 11) is 0. The summed E-state index contributed by atoms with van der Waals surface area (Å²) < 4.78 is 4.82. The Morgan fingerprint density at radius 1 is 1.45 bits per heavy atom. The van der Waals surface area contributed by atoms with Crippen molar-refractivity contribution in [3.63, 3.8) is 0 Å². The number of nitriles is 1. The van der Waals surface area contributed by atoms with Crippen molar-refractivity contribution in [2.75, 3.05) is 5.32 Å². The van der Waals surface area contributed by atoms with Gasteiger partial charge < -0.3 is 14.9 Å². The number of carbonyl (C=O) groups excluding carboxylic acids is 1. The third-order valence-corrected chi connectivity index (χ3v) is 2.44. The normalized spacial score (nSPS) is 10.9. The summed E-state index contributed by atoms with van der Waals surface area (Å²) >= 11 is 0. The van der Waals surface area contributed by atoms with E-state index in [1.54, 1.807) is 25.1 Å². The van der Waals surface area contributed by atoms with Gasteiger partial charge in [0.05, 0.1) is 0 Å². The number of anilines is 1. The van der Waals surface area contributed by atoms with Gasteiger partial charge in [0.2, 0.25) is 0 Å². The van der Waals surface area contributed by atoms with E-state index in [9.17, 15) is 9.90 Å². The lowest BCUT2D eigenvalue weighted by atomic mass is 10.1. The first-order valence-electron chi connectivity index (χ1n) is 5.74. The molecule has 20 heavy (non-hydrogen) atoms. The molecule has 0 aliphatic rings. The van der Waals surface area contributed by atoms with Gasteiger partial charge in [-0.2, -0.15) is 5.26 Å². The number of benzene rings is 1. The molecular weight excluding hydrogens is 258 g/mol. The number of aryl methyl sites for hydroxylation is 1. The van der Waals surface area contributed by atoms with Crippen molar-refractivity contribution in [3.8, 4) is 11.8 Å². The van der Waals surface area contributed by atoms with Crippen LogP contribution in [0.1, 0.15) is 11.3 Å². The van der Waals surface area contributed by atoms with Crippen LogP contribution in [0.25, 0.3) is 6.08 Å². The van der Waals surface area contributed by atoms with Crippen molar-refractivity contribution in [1.82, 2.24) is 5.16 Å². The molecule has 1 aromatic carbocycles. The maximum Gasteiger partial charge on any atom is 0.267 e. The van der Waals surface area contributed by atoms with Crippen LogP contribution in [0.5, 0.6) is 5.75 Å². The van der Waals surface area contributed by atoms with Gasteiger partial charge in [-0.25, -0.2) is 0 Å². The highest BCUT2D eigenvalue weighted by Gasteiger charge is 2.11. The SMILES string of the molecule is Cc1cc(NC(=O)/C(C#N)=C/c2ccc(O)cc2)no1. The molecule has 0 atom stereocenters. The topological polar surface area (TPSA) is 99.2 Å². The Labute approximate surface area is 114 Å². The van der Waals surface area contributed by atoms with Crippen LogP contribution in [0.2, 0.25) is 0 Å². The van der Waals surface area contributed by atoms with Gasteiger partial charge in [0.1, 0.15) is 23.2 Å². The second-order valence-corrected chi connectivity index (χ2v) is 4.04. The summed E-state index contributed by atoms with van der Waals surface area (Å²) in [6.45, 7) is 1.69. The molecule has 0 unspecified atom stereocenters. The fraction of sp³-hybridized carbons (Fsp3) is 0.0714. The second-order valence-electron chi connectivity index (χ2n) is 4.04. The molecule has 0 aliphatic carbocycles. The number of phenols is 1. The van der Waals surface area contributed by atoms with E-state index in [0.29, 0.717) is 11.3 Å². The Hall–Kier alpha value is -3.07. The molecule has 0 radical (unpaired) electrons. The van der Waals surface area contributed by atoms with Crippen LogP contribution in [0, 0.1) is 18.3 Å². The number of carbonyl (C=O) groups is 1. The van der Waals surface area contributed by atoms with Crippen LogP contribution < -0.4 is 5.32 Å². The number of amides is 1. The van der Waals surface area contributed by atoms with Gasteiger partial charge in [-0.3, -0.25) is 4.79 Å². The summed E-state index contributed by atoms with van der Waals surface area (Å²) in [6, 6.07) is 9.51. The van der Waals surface area contributed by atoms with E-state index in [-0.39, 0.29) is 17.1 Å². The zero-order chi connectivity index (χ0) is 14.5. The van der Waals surface area contributed by atoms with Gasteiger partial charge in [0, 0.05) is 6.07 Å². The largest absolute Gasteiger partial charge is 0.508 e. The first-order valence-corrected chi connectivity index (χ1v) is 5.74. The van der Waals surface area contributed by atoms with E-state index < -0.39 is 5.91 Å². The number of hydrogen-bond acceptors (Lipinski definition) is 5. The molecule has 6 heteroatoms. The predicted molar refractivity (Wildman–Crippen MR) is 71.6 cm³/mol. The van der Waals surface area contributed by atoms with Crippen LogP contribution in [0.15, 0.2) is 40.4 Å². The maximum atomic E-state index is 11.9. The van der Waals surface area contributed by atoms with E-state index in [1.807, 2.05) is 6.07 Å². The highest BCUT2D eigenvalue weighted by Crippen LogP contribution is 2.14. The molecule has 1 amide bonds. The minimum absolute atomic E-state index is 0.0728. The van der Waals surface area contributed by atoms with Gasteiger partial charge in [-0.05, 0) is 30.7 Å². The summed E-state index contributed by atoms with van der Waals surface area (Å²) in [6.07, 6.45) is 1.42. The Kier molecular flexibility index (Phi) is 3.82. The van der Waals surface area contributed by atoms with Crippen molar-refractivity contribution < 1.29 is 14.4 Å². The lowest BCUT2D eigenvalue weighted by Crippen LogP contribution is -2.13. The monoisotopic (exact) mass is 269 g/mol. The molecular formula is C14H11N3O3. The van der Waals surface area contributed by atoms with Crippen LogP contribution in [0.3, 0.4) is 0 Å². The van der Waals surface area contributed by atoms with Gasteiger partial charge in [0.25, 0.3) is 5.91 Å². The van der Waals surface area contributed by atoms with Crippen LogP contribution >= 0.6 is 0 Å². The standard InChI is InChI=1S/C14H11N3O3/c1-9-6-13(17-20-9)16-14(19)11(8-15)7-10-2-4-12(18)5-3-10/h2-7,18H,1H3,(H,16,17,19)/b11-7+. The lowest BCUT2D eigenvalue weighted by molar-refractivity contribution is -0.112. The van der Waals surface area contributed by atoms with Crippen molar-refractivity contribution in [1.29, 1.82) is 5.26 Å². The molecule has 2 rings (SSSR count). The number of nitrogens with one attached hydrogen (secondary N) is 1. The minimum Gasteiger partial charge on any atom is -0.508 e. The van der Waals surface area contributed by atoms with Crippen molar-refractivity contribution in [2.24, 2.45) is 0 Å². The number of rotatable bonds is 3. The van der Waals surface area contributed by atoms with Crippen LogP contribution in [0.4, 0.5) is 5.82 Å². The molecule has 6 nitrogen and oxygen atoms in total. The molecule has 0 aliphatic heterocycles. The quantitative estimate of drug-likeness (QED) is 0.657. The minimum atomic E-state index is -0.575. The van der Waals surface area contributed by atoms with E-state index in [4.69, 9.17) is 9.78 Å². The van der Waals surface area contributed by atoms with E-state index in [0.717, 1.165) is 0 Å². The Morgan fingerprint density at radius 3 is 2.70 bits per heavy atom. The number of aromatic nitrogens is 1. The molecule has 2 aromatic rings. The number of nitrogens with zero attached hydrogens (tertiary/aromatic N) is 2. The smallest absolute Gasteiger partial charge is 0.267 e. The predicted octanol–water partition coefficient (Wildman–Crippen LogP) is 2.23. The second kappa shape index (κ2) is 5.71. The molecule has 0 saturated carbocycles. The maximum absolute atomic E-state index is 11.9. The third-order valence-electron chi connectivity index (χ3n) is 2.44. The fourth-order valence-corrected chi connectivity index (χ4v) is 1.49. The van der Waals surface area contributed by atoms with Crippen molar-refractivity contribution >= 4 is 17.8 Å².